The summed E-state index contributed by atoms with van der Waals surface area (Å²) in [7, 11) is 0. The molecular formula is C14H23N3O. The van der Waals surface area contributed by atoms with E-state index in [1.54, 1.807) is 6.33 Å². The van der Waals surface area contributed by atoms with E-state index in [1.165, 1.54) is 25.7 Å². The highest BCUT2D eigenvalue weighted by Crippen LogP contribution is 2.30. The molecule has 1 saturated carbocycles. The van der Waals surface area contributed by atoms with E-state index in [-0.39, 0.29) is 0 Å². The maximum atomic E-state index is 6.05. The molecule has 2 atom stereocenters. The molecule has 1 fully saturated rings. The highest BCUT2D eigenvalue weighted by atomic mass is 16.5. The third kappa shape index (κ3) is 3.34. The summed E-state index contributed by atoms with van der Waals surface area (Å²) in [5.74, 6) is 2.22. The van der Waals surface area contributed by atoms with Crippen LogP contribution in [0.5, 0.6) is 5.88 Å². The van der Waals surface area contributed by atoms with Gasteiger partial charge in [-0.15, -0.1) is 0 Å². The van der Waals surface area contributed by atoms with Crippen molar-refractivity contribution in [3.8, 4) is 5.88 Å². The maximum absolute atomic E-state index is 6.05. The monoisotopic (exact) mass is 249 g/mol. The summed E-state index contributed by atoms with van der Waals surface area (Å²) in [6, 6.07) is 1.89. The highest BCUT2D eigenvalue weighted by molar-refractivity contribution is 5.36. The van der Waals surface area contributed by atoms with Crippen molar-refractivity contribution in [2.45, 2.75) is 52.1 Å². The Labute approximate surface area is 109 Å². The van der Waals surface area contributed by atoms with Gasteiger partial charge in [-0.1, -0.05) is 13.3 Å². The number of ether oxygens (including phenoxy) is 1. The molecule has 4 nitrogen and oxygen atoms in total. The van der Waals surface area contributed by atoms with E-state index >= 15 is 0 Å². The standard InChI is InChI=1S/C14H23N3O/c1-3-11-7-5-6-8-12(11)18-14-9-13(15-4-2)16-10-17-14/h9-12H,3-8H2,1-2H3,(H,15,16,17). The molecule has 1 aliphatic rings. The normalized spacial score (nSPS) is 23.7. The molecule has 0 aliphatic heterocycles. The summed E-state index contributed by atoms with van der Waals surface area (Å²) in [4.78, 5) is 8.37. The summed E-state index contributed by atoms with van der Waals surface area (Å²) in [5, 5.41) is 3.18. The summed E-state index contributed by atoms with van der Waals surface area (Å²) in [6.07, 6.45) is 8.13. The van der Waals surface area contributed by atoms with Crippen LogP contribution in [0.15, 0.2) is 12.4 Å². The Kier molecular flexibility index (Phi) is 4.79. The van der Waals surface area contributed by atoms with E-state index < -0.39 is 0 Å². The van der Waals surface area contributed by atoms with Crippen LogP contribution in [0.25, 0.3) is 0 Å². The fraction of sp³-hybridized carbons (Fsp3) is 0.714. The van der Waals surface area contributed by atoms with Crippen LogP contribution < -0.4 is 10.1 Å². The number of anilines is 1. The number of nitrogens with zero attached hydrogens (tertiary/aromatic N) is 2. The van der Waals surface area contributed by atoms with Crippen molar-refractivity contribution in [2.24, 2.45) is 5.92 Å². The molecule has 100 valence electrons. The first-order valence-corrected chi connectivity index (χ1v) is 7.06. The molecule has 0 aromatic carbocycles. The average molecular weight is 249 g/mol. The zero-order valence-corrected chi connectivity index (χ0v) is 11.4. The Hall–Kier alpha value is -1.32. The van der Waals surface area contributed by atoms with Gasteiger partial charge in [-0.25, -0.2) is 9.97 Å². The molecule has 0 bridgehead atoms. The van der Waals surface area contributed by atoms with E-state index in [4.69, 9.17) is 4.74 Å². The number of aromatic nitrogens is 2. The van der Waals surface area contributed by atoms with Crippen molar-refractivity contribution < 1.29 is 4.74 Å². The van der Waals surface area contributed by atoms with Gasteiger partial charge in [0.25, 0.3) is 0 Å². The largest absolute Gasteiger partial charge is 0.474 e. The molecule has 1 aromatic rings. The van der Waals surface area contributed by atoms with Crippen molar-refractivity contribution >= 4 is 5.82 Å². The fourth-order valence-corrected chi connectivity index (χ4v) is 2.63. The number of nitrogens with one attached hydrogen (secondary N) is 1. The first-order chi connectivity index (χ1) is 8.83. The summed E-state index contributed by atoms with van der Waals surface area (Å²) in [5.41, 5.74) is 0. The molecule has 1 N–H and O–H groups in total. The van der Waals surface area contributed by atoms with Gasteiger partial charge in [-0.3, -0.25) is 0 Å². The molecule has 0 radical (unpaired) electrons. The van der Waals surface area contributed by atoms with Crippen LogP contribution in [0.3, 0.4) is 0 Å². The molecule has 0 saturated heterocycles. The maximum Gasteiger partial charge on any atom is 0.218 e. The van der Waals surface area contributed by atoms with E-state index in [9.17, 15) is 0 Å². The van der Waals surface area contributed by atoms with Crippen LogP contribution in [-0.2, 0) is 0 Å². The van der Waals surface area contributed by atoms with Gasteiger partial charge in [0.05, 0.1) is 0 Å². The smallest absolute Gasteiger partial charge is 0.218 e. The number of rotatable bonds is 5. The number of hydrogen-bond donors (Lipinski definition) is 1. The lowest BCUT2D eigenvalue weighted by atomic mass is 9.85. The quantitative estimate of drug-likeness (QED) is 0.870. The Morgan fingerprint density at radius 2 is 2.11 bits per heavy atom. The molecule has 0 amide bonds. The Morgan fingerprint density at radius 3 is 2.89 bits per heavy atom. The van der Waals surface area contributed by atoms with Crippen LogP contribution in [0.4, 0.5) is 5.82 Å². The van der Waals surface area contributed by atoms with Crippen LogP contribution in [-0.4, -0.2) is 22.6 Å². The van der Waals surface area contributed by atoms with Crippen molar-refractivity contribution in [3.05, 3.63) is 12.4 Å². The van der Waals surface area contributed by atoms with Crippen LogP contribution in [0, 0.1) is 5.92 Å². The Morgan fingerprint density at radius 1 is 1.28 bits per heavy atom. The second-order valence-corrected chi connectivity index (χ2v) is 4.88. The fourth-order valence-electron chi connectivity index (χ4n) is 2.63. The predicted molar refractivity (Wildman–Crippen MR) is 72.9 cm³/mol. The molecule has 2 rings (SSSR count). The minimum absolute atomic E-state index is 0.327. The lowest BCUT2D eigenvalue weighted by Crippen LogP contribution is -2.30. The van der Waals surface area contributed by atoms with Crippen molar-refractivity contribution in [1.29, 1.82) is 0 Å². The van der Waals surface area contributed by atoms with E-state index in [1.807, 2.05) is 6.07 Å². The zero-order valence-electron chi connectivity index (χ0n) is 11.4. The van der Waals surface area contributed by atoms with E-state index in [0.717, 1.165) is 18.8 Å². The first-order valence-electron chi connectivity index (χ1n) is 7.06. The van der Waals surface area contributed by atoms with Gasteiger partial charge < -0.3 is 10.1 Å². The van der Waals surface area contributed by atoms with Gasteiger partial charge >= 0.3 is 0 Å². The van der Waals surface area contributed by atoms with Gasteiger partial charge in [0, 0.05) is 12.6 Å². The van der Waals surface area contributed by atoms with Gasteiger partial charge in [0.2, 0.25) is 5.88 Å². The lowest BCUT2D eigenvalue weighted by molar-refractivity contribution is 0.0858. The van der Waals surface area contributed by atoms with Crippen molar-refractivity contribution in [3.63, 3.8) is 0 Å². The molecule has 4 heteroatoms. The zero-order chi connectivity index (χ0) is 12.8. The second-order valence-electron chi connectivity index (χ2n) is 4.88. The molecule has 1 heterocycles. The lowest BCUT2D eigenvalue weighted by Gasteiger charge is -2.30. The van der Waals surface area contributed by atoms with E-state index in [2.05, 4.69) is 29.1 Å². The molecule has 1 aromatic heterocycles. The molecular weight excluding hydrogens is 226 g/mol. The van der Waals surface area contributed by atoms with E-state index in [0.29, 0.717) is 17.9 Å². The van der Waals surface area contributed by atoms with Crippen LogP contribution in [0.1, 0.15) is 46.0 Å². The van der Waals surface area contributed by atoms with Crippen LogP contribution in [0.2, 0.25) is 0 Å². The highest BCUT2D eigenvalue weighted by Gasteiger charge is 2.25. The summed E-state index contributed by atoms with van der Waals surface area (Å²) < 4.78 is 6.05. The van der Waals surface area contributed by atoms with Crippen molar-refractivity contribution in [2.75, 3.05) is 11.9 Å². The van der Waals surface area contributed by atoms with Gasteiger partial charge in [0.15, 0.2) is 0 Å². The average Bonchev–Trinajstić information content (AvgIpc) is 2.40. The third-order valence-electron chi connectivity index (χ3n) is 3.64. The van der Waals surface area contributed by atoms with Gasteiger partial charge in [-0.2, -0.15) is 0 Å². The second kappa shape index (κ2) is 6.57. The first kappa shape index (κ1) is 13.1. The third-order valence-corrected chi connectivity index (χ3v) is 3.64. The number of hydrogen-bond acceptors (Lipinski definition) is 4. The van der Waals surface area contributed by atoms with Gasteiger partial charge in [0.1, 0.15) is 18.2 Å². The summed E-state index contributed by atoms with van der Waals surface area (Å²) >= 11 is 0. The summed E-state index contributed by atoms with van der Waals surface area (Å²) in [6.45, 7) is 5.16. The van der Waals surface area contributed by atoms with Gasteiger partial charge in [-0.05, 0) is 38.5 Å². The molecule has 0 spiro atoms. The Bertz CT molecular complexity index is 370. The topological polar surface area (TPSA) is 47.0 Å². The molecule has 18 heavy (non-hydrogen) atoms. The van der Waals surface area contributed by atoms with Crippen molar-refractivity contribution in [1.82, 2.24) is 9.97 Å². The minimum atomic E-state index is 0.327. The van der Waals surface area contributed by atoms with Crippen LogP contribution >= 0.6 is 0 Å². The minimum Gasteiger partial charge on any atom is -0.474 e. The molecule has 1 aliphatic carbocycles. The predicted octanol–water partition coefficient (Wildman–Crippen LogP) is 3.26. The SMILES string of the molecule is CCNc1cc(OC2CCCCC2CC)ncn1. The Balaban J connectivity index is 2.00. The molecule has 2 unspecified atom stereocenters.